The Bertz CT molecular complexity index is 673. The third-order valence-corrected chi connectivity index (χ3v) is 2.87. The Kier molecular flexibility index (Phi) is 18.2. The summed E-state index contributed by atoms with van der Waals surface area (Å²) in [5.74, 6) is 0.286. The minimum absolute atomic E-state index is 0. The summed E-state index contributed by atoms with van der Waals surface area (Å²) in [5, 5.41) is 10.2. The van der Waals surface area contributed by atoms with Gasteiger partial charge in [0.1, 0.15) is 15.0 Å². The third kappa shape index (κ3) is 12.4. The molecule has 2 aromatic heterocycles. The average molecular weight is 632 g/mol. The summed E-state index contributed by atoms with van der Waals surface area (Å²) in [4.78, 5) is 17.1. The number of nitro groups is 1. The Morgan fingerprint density at radius 2 is 1.36 bits per heavy atom. The summed E-state index contributed by atoms with van der Waals surface area (Å²) >= 11 is 5.36. The molecule has 10 N–H and O–H groups in total. The first-order chi connectivity index (χ1) is 10.7. The first kappa shape index (κ1) is 29.1. The van der Waals surface area contributed by atoms with E-state index in [9.17, 15) is 10.1 Å². The second-order valence-corrected chi connectivity index (χ2v) is 9.34. The Morgan fingerprint density at radius 3 is 1.68 bits per heavy atom. The Hall–Kier alpha value is -0.641. The van der Waals surface area contributed by atoms with Crippen molar-refractivity contribution in [1.29, 1.82) is 0 Å². The quantitative estimate of drug-likeness (QED) is 0.183. The monoisotopic (exact) mass is 630 g/mol. The topological polar surface area (TPSA) is 210 Å². The molecule has 0 aromatic carbocycles. The van der Waals surface area contributed by atoms with Gasteiger partial charge in [0.05, 0.1) is 10.6 Å². The molecule has 0 atom stereocenters. The number of pyridine rings is 2. The van der Waals surface area contributed by atoms with Gasteiger partial charge in [-0.1, -0.05) is 0 Å². The van der Waals surface area contributed by atoms with Crippen molar-refractivity contribution in [3.63, 3.8) is 0 Å². The fourth-order valence-corrected chi connectivity index (χ4v) is 1.70. The summed E-state index contributed by atoms with van der Waals surface area (Å²) in [6.45, 7) is 0. The van der Waals surface area contributed by atoms with Crippen LogP contribution in [0.1, 0.15) is 0 Å². The molecule has 0 unspecified atom stereocenters. The standard InChI is InChI=1S/C5H4BrN3O2.C5H6BrN3.2ClH.2H2O.Sn/c6-4-2-1-3(9(10)11)5(7)8-4;6-4-2-1-3(7)5(8)9-4;;;;;/h1-2H,(H2,7,8);1-2H,7H2,(H2,8,9);2*1H;2*1H2;/q;;;;;;+2/p-2. The molecule has 0 amide bonds. The molecule has 15 heteroatoms. The molecule has 0 aliphatic rings. The van der Waals surface area contributed by atoms with Crippen LogP contribution in [0, 0.1) is 10.1 Å². The van der Waals surface area contributed by atoms with Gasteiger partial charge in [-0.05, 0) is 50.1 Å². The fourth-order valence-electron chi connectivity index (χ4n) is 1.06. The van der Waals surface area contributed by atoms with E-state index in [4.69, 9.17) is 35.0 Å². The van der Waals surface area contributed by atoms with Crippen molar-refractivity contribution in [2.45, 2.75) is 0 Å². The van der Waals surface area contributed by atoms with Gasteiger partial charge in [-0.2, -0.15) is 0 Å². The number of nitrogen functional groups attached to an aromatic ring is 3. The van der Waals surface area contributed by atoms with Gasteiger partial charge >= 0.3 is 42.4 Å². The molecule has 0 fully saturated rings. The molecule has 0 aliphatic heterocycles. The second-order valence-electron chi connectivity index (χ2n) is 3.48. The molecule has 2 heterocycles. The van der Waals surface area contributed by atoms with Crippen molar-refractivity contribution in [3.05, 3.63) is 43.6 Å². The van der Waals surface area contributed by atoms with Gasteiger partial charge < -0.3 is 28.2 Å². The first-order valence-electron chi connectivity index (χ1n) is 5.43. The van der Waals surface area contributed by atoms with Crippen LogP contribution in [0.2, 0.25) is 0 Å². The van der Waals surface area contributed by atoms with Crippen molar-refractivity contribution in [3.8, 4) is 0 Å². The zero-order valence-corrected chi connectivity index (χ0v) is 19.7. The van der Waals surface area contributed by atoms with E-state index in [0.717, 1.165) is 0 Å². The van der Waals surface area contributed by atoms with Crippen LogP contribution in [0.15, 0.2) is 33.5 Å². The van der Waals surface area contributed by atoms with Crippen LogP contribution in [0.3, 0.4) is 0 Å². The maximum atomic E-state index is 10.2. The van der Waals surface area contributed by atoms with Gasteiger partial charge in [0.2, 0.25) is 5.82 Å². The predicted octanol–water partition coefficient (Wildman–Crippen LogP) is 1.69. The average Bonchev–Trinajstić information content (AvgIpc) is 2.44. The molecule has 0 saturated carbocycles. The van der Waals surface area contributed by atoms with Crippen LogP contribution in [0.4, 0.5) is 23.0 Å². The van der Waals surface area contributed by atoms with Crippen LogP contribution in [-0.2, 0) is 0 Å². The molecule has 0 aliphatic carbocycles. The van der Waals surface area contributed by atoms with Crippen LogP contribution in [0.25, 0.3) is 0 Å². The molecule has 2 radical (unpaired) electrons. The number of rotatable bonds is 1. The minimum atomic E-state index is -0.826. The third-order valence-electron chi connectivity index (χ3n) is 1.99. The van der Waals surface area contributed by atoms with Crippen molar-refractivity contribution < 1.29 is 15.9 Å². The molecule has 0 bridgehead atoms. The van der Waals surface area contributed by atoms with E-state index in [1.165, 1.54) is 12.1 Å². The Balaban J connectivity index is -0.000000317. The number of aromatic nitrogens is 2. The molecule has 2 aromatic rings. The van der Waals surface area contributed by atoms with Crippen LogP contribution < -0.4 is 17.2 Å². The van der Waals surface area contributed by atoms with E-state index >= 15 is 0 Å². The number of hydrogen-bond donors (Lipinski definition) is 3. The summed E-state index contributed by atoms with van der Waals surface area (Å²) in [6, 6.07) is 6.21. The molecule has 2 rings (SSSR count). The maximum absolute atomic E-state index is 10.2. The molecule has 0 spiro atoms. The van der Waals surface area contributed by atoms with E-state index < -0.39 is 23.8 Å². The summed E-state index contributed by atoms with van der Waals surface area (Å²) in [5.41, 5.74) is 16.3. The summed E-state index contributed by atoms with van der Waals surface area (Å²) in [6.07, 6.45) is 0. The normalized spacial score (nSPS) is 8.32. The van der Waals surface area contributed by atoms with Gasteiger partial charge in [0.25, 0.3) is 0 Å². The molecule has 0 saturated heterocycles. The number of nitrogens with zero attached hydrogens (tertiary/aromatic N) is 3. The fraction of sp³-hybridized carbons (Fsp3) is 0. The SMILES string of the molecule is Nc1ccc(Br)nc1N.Nc1nc(Br)ccc1[N+](=O)[O-].O.O.[Cl][Sn][Cl]. The van der Waals surface area contributed by atoms with Crippen LogP contribution in [0.5, 0.6) is 0 Å². The number of nitrogens with two attached hydrogens (primary N) is 3. The number of anilines is 3. The van der Waals surface area contributed by atoms with Crippen molar-refractivity contribution in [2.75, 3.05) is 17.2 Å². The van der Waals surface area contributed by atoms with Gasteiger partial charge in [-0.25, -0.2) is 9.97 Å². The van der Waals surface area contributed by atoms with Gasteiger partial charge in [0, 0.05) is 6.07 Å². The second kappa shape index (κ2) is 15.6. The van der Waals surface area contributed by atoms with E-state index in [-0.39, 0.29) is 22.5 Å². The van der Waals surface area contributed by atoms with Gasteiger partial charge in [-0.3, -0.25) is 10.1 Å². The molecular formula is C10H14Br2Cl2N6O4Sn. The van der Waals surface area contributed by atoms with Gasteiger partial charge in [0.15, 0.2) is 0 Å². The van der Waals surface area contributed by atoms with Crippen molar-refractivity contribution in [1.82, 2.24) is 9.97 Å². The summed E-state index contributed by atoms with van der Waals surface area (Å²) in [7, 11) is 9.87. The molecule has 25 heavy (non-hydrogen) atoms. The van der Waals surface area contributed by atoms with Crippen LogP contribution in [-0.4, -0.2) is 44.7 Å². The molecular weight excluding hydrogens is 618 g/mol. The Morgan fingerprint density at radius 1 is 0.960 bits per heavy atom. The van der Waals surface area contributed by atoms with Crippen LogP contribution >= 0.6 is 49.7 Å². The van der Waals surface area contributed by atoms with E-state index in [1.54, 1.807) is 12.1 Å². The molecule has 140 valence electrons. The predicted molar refractivity (Wildman–Crippen MR) is 108 cm³/mol. The zero-order chi connectivity index (χ0) is 18.0. The molecule has 10 nitrogen and oxygen atoms in total. The van der Waals surface area contributed by atoms with Crippen molar-refractivity contribution in [2.24, 2.45) is 0 Å². The summed E-state index contributed by atoms with van der Waals surface area (Å²) < 4.78 is 1.19. The van der Waals surface area contributed by atoms with Gasteiger partial charge in [-0.15, -0.1) is 0 Å². The Labute approximate surface area is 177 Å². The van der Waals surface area contributed by atoms with E-state index in [0.29, 0.717) is 20.7 Å². The zero-order valence-electron chi connectivity index (χ0n) is 12.2. The van der Waals surface area contributed by atoms with E-state index in [1.807, 2.05) is 0 Å². The number of hydrogen-bond acceptors (Lipinski definition) is 7. The van der Waals surface area contributed by atoms with Crippen molar-refractivity contribution >= 4 is 91.6 Å². The first-order valence-corrected chi connectivity index (χ1v) is 14.2. The number of halogens is 4. The van der Waals surface area contributed by atoms with E-state index in [2.05, 4.69) is 41.8 Å².